The molecule has 0 bridgehead atoms. The number of carbonyl (C=O) groups excluding carboxylic acids is 5. The van der Waals surface area contributed by atoms with Gasteiger partial charge in [-0.3, -0.25) is 24.2 Å². The number of carbonyl (C=O) groups is 5. The van der Waals surface area contributed by atoms with Crippen molar-refractivity contribution in [1.29, 1.82) is 0 Å². The first kappa shape index (κ1) is 34.0. The van der Waals surface area contributed by atoms with Crippen molar-refractivity contribution in [2.75, 3.05) is 19.6 Å². The van der Waals surface area contributed by atoms with Crippen LogP contribution in [0.1, 0.15) is 79.1 Å². The fraction of sp³-hybridized carbons (Fsp3) is 0.786. The highest BCUT2D eigenvalue weighted by molar-refractivity contribution is 5.95. The van der Waals surface area contributed by atoms with E-state index in [0.29, 0.717) is 64.3 Å². The van der Waals surface area contributed by atoms with Gasteiger partial charge in [-0.1, -0.05) is 34.1 Å². The molecule has 13 heteroatoms. The van der Waals surface area contributed by atoms with Crippen molar-refractivity contribution in [3.8, 4) is 0 Å². The molecule has 6 atom stereocenters. The van der Waals surface area contributed by atoms with Gasteiger partial charge in [-0.25, -0.2) is 0 Å². The first-order chi connectivity index (χ1) is 19.4. The van der Waals surface area contributed by atoms with Crippen molar-refractivity contribution in [3.05, 3.63) is 0 Å². The smallest absolute Gasteiger partial charge is 0.246 e. The lowest BCUT2D eigenvalue weighted by Gasteiger charge is -2.33. The van der Waals surface area contributed by atoms with Gasteiger partial charge in [0.25, 0.3) is 0 Å². The van der Waals surface area contributed by atoms with Gasteiger partial charge in [-0.2, -0.15) is 0 Å². The highest BCUT2D eigenvalue weighted by Gasteiger charge is 2.43. The lowest BCUT2D eigenvalue weighted by molar-refractivity contribution is -0.147. The predicted molar refractivity (Wildman–Crippen MR) is 156 cm³/mol. The molecule has 0 aromatic carbocycles. The summed E-state index contributed by atoms with van der Waals surface area (Å²) in [5.41, 5.74) is 16.9. The first-order valence-electron chi connectivity index (χ1n) is 14.9. The average Bonchev–Trinajstić information content (AvgIpc) is 3.61. The van der Waals surface area contributed by atoms with Crippen LogP contribution in [-0.4, -0.2) is 95.5 Å². The molecule has 2 rings (SSSR count). The zero-order valence-electron chi connectivity index (χ0n) is 25.0. The van der Waals surface area contributed by atoms with Crippen LogP contribution >= 0.6 is 0 Å². The van der Waals surface area contributed by atoms with Crippen molar-refractivity contribution in [1.82, 2.24) is 20.4 Å². The normalized spacial score (nSPS) is 21.6. The van der Waals surface area contributed by atoms with Gasteiger partial charge in [0.05, 0.1) is 12.1 Å². The van der Waals surface area contributed by atoms with Gasteiger partial charge in [0.2, 0.25) is 23.6 Å². The molecular weight excluding hydrogens is 528 g/mol. The molecule has 0 aromatic rings. The SMILES string of the molecule is CC[C@H](C)[C@@H](C=O)NC(=O)[C@H](CCCN=C(N)N)NC(=O)[C@@H]1CCCN1C(=O)[C@@H]1CCCN1C(=O)[C@@H](N)CC(C)C. The van der Waals surface area contributed by atoms with Gasteiger partial charge in [0.1, 0.15) is 24.4 Å². The Kier molecular flexibility index (Phi) is 13.5. The van der Waals surface area contributed by atoms with E-state index in [1.165, 1.54) is 4.90 Å². The summed E-state index contributed by atoms with van der Waals surface area (Å²) in [6, 6.07) is -3.74. The number of hydrogen-bond donors (Lipinski definition) is 5. The maximum atomic E-state index is 13.7. The second-order valence-electron chi connectivity index (χ2n) is 11.7. The van der Waals surface area contributed by atoms with Crippen LogP contribution in [-0.2, 0) is 24.0 Å². The number of hydrogen-bond acceptors (Lipinski definition) is 7. The Morgan fingerprint density at radius 2 is 1.63 bits per heavy atom. The van der Waals surface area contributed by atoms with E-state index in [2.05, 4.69) is 15.6 Å². The summed E-state index contributed by atoms with van der Waals surface area (Å²) in [7, 11) is 0. The van der Waals surface area contributed by atoms with Crippen molar-refractivity contribution < 1.29 is 24.0 Å². The fourth-order valence-corrected chi connectivity index (χ4v) is 5.47. The Morgan fingerprint density at radius 3 is 2.22 bits per heavy atom. The lowest BCUT2D eigenvalue weighted by Crippen LogP contribution is -2.57. The molecule has 13 nitrogen and oxygen atoms in total. The number of likely N-dealkylation sites (tertiary alicyclic amines) is 2. The minimum absolute atomic E-state index is 0.0717. The summed E-state index contributed by atoms with van der Waals surface area (Å²) in [4.78, 5) is 72.1. The fourth-order valence-electron chi connectivity index (χ4n) is 5.47. The lowest BCUT2D eigenvalue weighted by atomic mass is 9.99. The zero-order valence-corrected chi connectivity index (χ0v) is 25.0. The molecule has 8 N–H and O–H groups in total. The van der Waals surface area contributed by atoms with Crippen LogP contribution in [0.5, 0.6) is 0 Å². The Morgan fingerprint density at radius 1 is 1.00 bits per heavy atom. The molecule has 0 spiro atoms. The number of aliphatic imine (C=N–C) groups is 1. The summed E-state index contributed by atoms with van der Waals surface area (Å²) in [5, 5.41) is 5.55. The largest absolute Gasteiger partial charge is 0.370 e. The van der Waals surface area contributed by atoms with Crippen molar-refractivity contribution >= 4 is 35.9 Å². The number of amides is 4. The molecule has 41 heavy (non-hydrogen) atoms. The minimum Gasteiger partial charge on any atom is -0.370 e. The third-order valence-electron chi connectivity index (χ3n) is 7.99. The molecule has 4 amide bonds. The Labute approximate surface area is 243 Å². The quantitative estimate of drug-likeness (QED) is 0.0746. The van der Waals surface area contributed by atoms with E-state index in [1.54, 1.807) is 4.90 Å². The van der Waals surface area contributed by atoms with E-state index in [4.69, 9.17) is 17.2 Å². The van der Waals surface area contributed by atoms with Crippen LogP contribution in [0.25, 0.3) is 0 Å². The molecule has 0 radical (unpaired) electrons. The van der Waals surface area contributed by atoms with E-state index < -0.39 is 42.0 Å². The Bertz CT molecular complexity index is 954. The number of rotatable bonds is 15. The van der Waals surface area contributed by atoms with E-state index in [9.17, 15) is 24.0 Å². The molecule has 2 heterocycles. The van der Waals surface area contributed by atoms with Crippen LogP contribution in [0.15, 0.2) is 4.99 Å². The molecule has 0 unspecified atom stereocenters. The van der Waals surface area contributed by atoms with Crippen LogP contribution < -0.4 is 27.8 Å². The maximum Gasteiger partial charge on any atom is 0.246 e. The number of nitrogens with one attached hydrogen (secondary N) is 2. The predicted octanol–water partition coefficient (Wildman–Crippen LogP) is -0.390. The van der Waals surface area contributed by atoms with E-state index in [-0.39, 0.29) is 42.6 Å². The zero-order chi connectivity index (χ0) is 30.7. The van der Waals surface area contributed by atoms with Crippen molar-refractivity contribution in [2.45, 2.75) is 109 Å². The Balaban J connectivity index is 2.15. The number of aldehydes is 1. The second kappa shape index (κ2) is 16.3. The summed E-state index contributed by atoms with van der Waals surface area (Å²) >= 11 is 0. The molecule has 2 aliphatic rings. The maximum absolute atomic E-state index is 13.7. The molecule has 2 aliphatic heterocycles. The van der Waals surface area contributed by atoms with Gasteiger partial charge >= 0.3 is 0 Å². The van der Waals surface area contributed by atoms with Gasteiger partial charge in [0, 0.05) is 19.6 Å². The van der Waals surface area contributed by atoms with Gasteiger partial charge in [-0.15, -0.1) is 0 Å². The third-order valence-corrected chi connectivity index (χ3v) is 7.99. The van der Waals surface area contributed by atoms with Gasteiger partial charge in [0.15, 0.2) is 5.96 Å². The molecular formula is C28H50N8O5. The van der Waals surface area contributed by atoms with Gasteiger partial charge < -0.3 is 42.4 Å². The molecule has 0 aliphatic carbocycles. The third kappa shape index (κ3) is 9.68. The van der Waals surface area contributed by atoms with Crippen LogP contribution in [0.4, 0.5) is 0 Å². The van der Waals surface area contributed by atoms with Crippen LogP contribution in [0, 0.1) is 11.8 Å². The van der Waals surface area contributed by atoms with Crippen LogP contribution in [0.3, 0.4) is 0 Å². The highest BCUT2D eigenvalue weighted by Crippen LogP contribution is 2.26. The highest BCUT2D eigenvalue weighted by atomic mass is 16.2. The summed E-state index contributed by atoms with van der Waals surface area (Å²) < 4.78 is 0. The second-order valence-corrected chi connectivity index (χ2v) is 11.7. The van der Waals surface area contributed by atoms with Crippen molar-refractivity contribution in [3.63, 3.8) is 0 Å². The molecule has 0 saturated carbocycles. The van der Waals surface area contributed by atoms with Crippen LogP contribution in [0.2, 0.25) is 0 Å². The molecule has 0 aromatic heterocycles. The van der Waals surface area contributed by atoms with Gasteiger partial charge in [-0.05, 0) is 56.8 Å². The standard InChI is InChI=1S/C28H50N8O5/c1-5-18(4)21(16-37)34-24(38)20(9-6-12-32-28(30)31)33-25(39)22-10-7-13-35(22)27(41)23-11-8-14-36(23)26(40)19(29)15-17(2)3/h16-23H,5-15,29H2,1-4H3,(H,33,39)(H,34,38)(H4,30,31,32)/t18-,19-,20-,21+,22-,23-/m0/s1. The number of nitrogens with zero attached hydrogens (tertiary/aromatic N) is 3. The Hall–Kier alpha value is -3.22. The summed E-state index contributed by atoms with van der Waals surface area (Å²) in [5.74, 6) is -1.34. The van der Waals surface area contributed by atoms with E-state index in [1.807, 2.05) is 27.7 Å². The minimum atomic E-state index is -0.945. The van der Waals surface area contributed by atoms with E-state index >= 15 is 0 Å². The monoisotopic (exact) mass is 578 g/mol. The molecule has 232 valence electrons. The molecule has 2 fully saturated rings. The number of guanidine groups is 1. The number of nitrogens with two attached hydrogens (primary N) is 3. The average molecular weight is 579 g/mol. The first-order valence-corrected chi connectivity index (χ1v) is 14.9. The summed E-state index contributed by atoms with van der Waals surface area (Å²) in [6.07, 6.45) is 4.83. The topological polar surface area (TPSA) is 206 Å². The van der Waals surface area contributed by atoms with E-state index in [0.717, 1.165) is 0 Å². The summed E-state index contributed by atoms with van der Waals surface area (Å²) in [6.45, 7) is 8.87. The molecule has 2 saturated heterocycles. The van der Waals surface area contributed by atoms with Crippen molar-refractivity contribution in [2.24, 2.45) is 34.0 Å².